The first-order valence-electron chi connectivity index (χ1n) is 17.6. The molecule has 0 aliphatic carbocycles. The minimum Gasteiger partial charge on any atom is -0.493 e. The molecular formula is C37H49N5O13S2. The quantitative estimate of drug-likeness (QED) is 0.0355. The van der Waals surface area contributed by atoms with Gasteiger partial charge in [0.2, 0.25) is 16.0 Å². The topological polar surface area (TPSA) is 230 Å². The lowest BCUT2D eigenvalue weighted by molar-refractivity contribution is -0.143. The molecule has 2 amide bonds. The maximum Gasteiger partial charge on any atom is 0.442 e. The maximum atomic E-state index is 14.0. The van der Waals surface area contributed by atoms with Crippen molar-refractivity contribution in [3.05, 3.63) is 78.1 Å². The summed E-state index contributed by atoms with van der Waals surface area (Å²) in [7, 11) is -9.48. The summed E-state index contributed by atoms with van der Waals surface area (Å²) in [6, 6.07) is 13.9. The van der Waals surface area contributed by atoms with E-state index in [1.807, 2.05) is 0 Å². The smallest absolute Gasteiger partial charge is 0.442 e. The summed E-state index contributed by atoms with van der Waals surface area (Å²) in [5.41, 5.74) is -0.989. The number of carbonyl (C=O) groups excluding carboxylic acids is 3. The van der Waals surface area contributed by atoms with E-state index in [2.05, 4.69) is 10.3 Å². The Morgan fingerprint density at radius 2 is 1.47 bits per heavy atom. The number of nitrogens with zero attached hydrogens (tertiary/aromatic N) is 3. The van der Waals surface area contributed by atoms with Crippen molar-refractivity contribution in [2.75, 3.05) is 26.4 Å². The molecule has 0 unspecified atom stereocenters. The predicted molar refractivity (Wildman–Crippen MR) is 205 cm³/mol. The van der Waals surface area contributed by atoms with Crippen LogP contribution < -0.4 is 14.2 Å². The van der Waals surface area contributed by atoms with Crippen LogP contribution >= 0.6 is 0 Å². The number of aryl methyl sites for hydroxylation is 1. The SMILES string of the molecule is CCOC(=O)CN(Cc1ccccn1)S(=O)(=O)c1ccccc1S(=O)(=O)Oc1cc(C)cc(OCCCON(C(=N)NC(=O)OC(C)(C)C)C(=O)OC(C)(C)C)c1. The highest BCUT2D eigenvalue weighted by atomic mass is 32.2. The Labute approximate surface area is 333 Å². The van der Waals surface area contributed by atoms with Gasteiger partial charge in [-0.05, 0) is 97.4 Å². The molecule has 0 saturated heterocycles. The van der Waals surface area contributed by atoms with Crippen molar-refractivity contribution >= 4 is 44.3 Å². The molecule has 0 atom stereocenters. The second kappa shape index (κ2) is 19.7. The molecule has 2 N–H and O–H groups in total. The molecule has 18 nitrogen and oxygen atoms in total. The highest BCUT2D eigenvalue weighted by molar-refractivity contribution is 7.91. The second-order valence-electron chi connectivity index (χ2n) is 14.2. The van der Waals surface area contributed by atoms with Gasteiger partial charge in [-0.3, -0.25) is 25.3 Å². The number of rotatable bonds is 16. The Hall–Kier alpha value is -5.31. The van der Waals surface area contributed by atoms with Crippen LogP contribution in [0.25, 0.3) is 0 Å². The first kappa shape index (κ1) is 46.1. The van der Waals surface area contributed by atoms with Crippen LogP contribution in [0.3, 0.4) is 0 Å². The number of ether oxygens (including phenoxy) is 4. The van der Waals surface area contributed by atoms with Gasteiger partial charge in [0.05, 0.1) is 32.1 Å². The third-order valence-electron chi connectivity index (χ3n) is 6.80. The van der Waals surface area contributed by atoms with Gasteiger partial charge >= 0.3 is 28.3 Å². The first-order chi connectivity index (χ1) is 26.5. The number of hydrogen-bond acceptors (Lipinski definition) is 15. The van der Waals surface area contributed by atoms with E-state index in [0.29, 0.717) is 16.3 Å². The number of hydroxylamine groups is 2. The van der Waals surface area contributed by atoms with Crippen molar-refractivity contribution in [1.82, 2.24) is 19.7 Å². The molecule has 0 saturated carbocycles. The fourth-order valence-corrected chi connectivity index (χ4v) is 7.69. The predicted octanol–water partition coefficient (Wildman–Crippen LogP) is 5.31. The number of amides is 2. The molecule has 0 fully saturated rings. The number of pyridine rings is 1. The molecule has 0 aliphatic heterocycles. The highest BCUT2D eigenvalue weighted by Crippen LogP contribution is 2.30. The van der Waals surface area contributed by atoms with Crippen molar-refractivity contribution in [2.45, 2.75) is 89.3 Å². The number of guanidine groups is 1. The van der Waals surface area contributed by atoms with Crippen LogP contribution in [0.5, 0.6) is 11.5 Å². The minimum absolute atomic E-state index is 0.00152. The largest absolute Gasteiger partial charge is 0.493 e. The lowest BCUT2D eigenvalue weighted by Crippen LogP contribution is -2.49. The van der Waals surface area contributed by atoms with E-state index >= 15 is 0 Å². The maximum absolute atomic E-state index is 14.0. The van der Waals surface area contributed by atoms with Gasteiger partial charge < -0.3 is 23.1 Å². The van der Waals surface area contributed by atoms with Gasteiger partial charge in [0.25, 0.3) is 0 Å². The van der Waals surface area contributed by atoms with E-state index in [4.69, 9.17) is 33.4 Å². The molecule has 20 heteroatoms. The number of alkyl carbamates (subject to hydrolysis) is 1. The van der Waals surface area contributed by atoms with Crippen LogP contribution in [0, 0.1) is 12.3 Å². The van der Waals surface area contributed by atoms with Crippen LogP contribution in [-0.2, 0) is 50.5 Å². The number of hydrogen-bond donors (Lipinski definition) is 2. The third-order valence-corrected chi connectivity index (χ3v) is 10.1. The van der Waals surface area contributed by atoms with Crippen molar-refractivity contribution in [1.29, 1.82) is 5.41 Å². The van der Waals surface area contributed by atoms with E-state index in [-0.39, 0.29) is 44.3 Å². The lowest BCUT2D eigenvalue weighted by atomic mass is 10.2. The molecule has 0 aliphatic rings. The molecule has 57 heavy (non-hydrogen) atoms. The minimum atomic E-state index is -4.81. The third kappa shape index (κ3) is 14.9. The van der Waals surface area contributed by atoms with Crippen LogP contribution in [0.2, 0.25) is 0 Å². The summed E-state index contributed by atoms with van der Waals surface area (Å²) >= 11 is 0. The van der Waals surface area contributed by atoms with E-state index in [9.17, 15) is 31.2 Å². The van der Waals surface area contributed by atoms with Crippen molar-refractivity contribution in [3.8, 4) is 11.5 Å². The van der Waals surface area contributed by atoms with Gasteiger partial charge in [-0.1, -0.05) is 18.2 Å². The van der Waals surface area contributed by atoms with Gasteiger partial charge in [0, 0.05) is 18.7 Å². The number of benzene rings is 2. The average molecular weight is 836 g/mol. The van der Waals surface area contributed by atoms with Crippen LogP contribution in [0.1, 0.15) is 66.1 Å². The Kier molecular flexibility index (Phi) is 15.9. The zero-order valence-corrected chi connectivity index (χ0v) is 34.7. The first-order valence-corrected chi connectivity index (χ1v) is 20.4. The Bertz CT molecular complexity index is 2100. The monoisotopic (exact) mass is 835 g/mol. The van der Waals surface area contributed by atoms with Crippen molar-refractivity contribution in [2.24, 2.45) is 0 Å². The molecular weight excluding hydrogens is 787 g/mol. The Morgan fingerprint density at radius 3 is 2.09 bits per heavy atom. The van der Waals surface area contributed by atoms with Crippen molar-refractivity contribution < 1.29 is 59.2 Å². The number of sulfonamides is 1. The summed E-state index contributed by atoms with van der Waals surface area (Å²) in [5, 5.41) is 10.8. The molecule has 3 aromatic rings. The molecule has 0 bridgehead atoms. The number of aromatic nitrogens is 1. The molecule has 2 aromatic carbocycles. The lowest BCUT2D eigenvalue weighted by Gasteiger charge is -2.27. The highest BCUT2D eigenvalue weighted by Gasteiger charge is 2.34. The number of carbonyl (C=O) groups is 3. The Morgan fingerprint density at radius 1 is 0.842 bits per heavy atom. The number of nitrogens with one attached hydrogen (secondary N) is 2. The molecule has 312 valence electrons. The summed E-state index contributed by atoms with van der Waals surface area (Å²) in [6.45, 7) is 11.6. The molecule has 0 spiro atoms. The van der Waals surface area contributed by atoms with Crippen molar-refractivity contribution in [3.63, 3.8) is 0 Å². The average Bonchev–Trinajstić information content (AvgIpc) is 3.08. The summed E-state index contributed by atoms with van der Waals surface area (Å²) < 4.78 is 82.9. The number of esters is 1. The summed E-state index contributed by atoms with van der Waals surface area (Å²) in [6.07, 6.45) is -0.478. The normalized spacial score (nSPS) is 12.0. The van der Waals surface area contributed by atoms with Gasteiger partial charge in [-0.15, -0.1) is 5.06 Å². The summed E-state index contributed by atoms with van der Waals surface area (Å²) in [4.78, 5) is 45.8. The van der Waals surface area contributed by atoms with Crippen LogP contribution in [-0.4, -0.2) is 92.9 Å². The van der Waals surface area contributed by atoms with Crippen LogP contribution in [0.4, 0.5) is 9.59 Å². The van der Waals surface area contributed by atoms with Gasteiger partial charge in [-0.2, -0.15) is 12.7 Å². The van der Waals surface area contributed by atoms with E-state index in [0.717, 1.165) is 16.4 Å². The van der Waals surface area contributed by atoms with E-state index in [1.165, 1.54) is 30.5 Å². The molecule has 3 rings (SSSR count). The van der Waals surface area contributed by atoms with Gasteiger partial charge in [0.1, 0.15) is 39.0 Å². The van der Waals surface area contributed by atoms with E-state index in [1.54, 1.807) is 79.7 Å². The second-order valence-corrected chi connectivity index (χ2v) is 17.6. The standard InChI is InChI=1S/C37H49N5O13S2/c1-9-50-32(43)25-41(24-27-15-12-13-18-39-27)56(46,47)30-16-10-11-17-31(30)57(48,49)55-29-22-26(2)21-28(23-29)51-19-14-20-52-42(35(45)54-37(6,7)8)33(38)40-34(44)53-36(3,4)5/h10-13,15-18,21-23H,9,14,19-20,24-25H2,1-8H3,(H2,38,40,44). The summed E-state index contributed by atoms with van der Waals surface area (Å²) in [5.74, 6) is -1.61. The molecule has 0 radical (unpaired) electrons. The fraction of sp³-hybridized carbons (Fsp3) is 0.432. The van der Waals surface area contributed by atoms with Gasteiger partial charge in [-0.25, -0.2) is 18.0 Å². The zero-order valence-electron chi connectivity index (χ0n) is 33.1. The Balaban J connectivity index is 1.76. The molecule has 1 aromatic heterocycles. The zero-order chi connectivity index (χ0) is 42.6. The van der Waals surface area contributed by atoms with Crippen LogP contribution in [0.15, 0.2) is 76.7 Å². The molecule has 1 heterocycles. The van der Waals surface area contributed by atoms with E-state index < -0.39 is 71.8 Å². The fourth-order valence-electron chi connectivity index (χ4n) is 4.64. The van der Waals surface area contributed by atoms with Gasteiger partial charge in [0.15, 0.2) is 0 Å².